The first kappa shape index (κ1) is 23.8. The summed E-state index contributed by atoms with van der Waals surface area (Å²) in [7, 11) is 3.88. The van der Waals surface area contributed by atoms with Crippen LogP contribution in [-0.4, -0.2) is 46.9 Å². The number of methoxy groups -OCH3 is 1. The van der Waals surface area contributed by atoms with Gasteiger partial charge in [0, 0.05) is 23.4 Å². The molecule has 1 atom stereocenters. The smallest absolute Gasteiger partial charge is 0.213 e. The third-order valence-electron chi connectivity index (χ3n) is 7.66. The summed E-state index contributed by atoms with van der Waals surface area (Å²) in [6.45, 7) is 13.6. The Labute approximate surface area is 209 Å². The lowest BCUT2D eigenvalue weighted by Gasteiger charge is -2.28. The molecular weight excluding hydrogens is 432 g/mol. The number of rotatable bonds is 5. The number of fused-ring (bicyclic) bond motifs is 2. The summed E-state index contributed by atoms with van der Waals surface area (Å²) in [4.78, 5) is 7.27. The highest BCUT2D eigenvalue weighted by Crippen LogP contribution is 2.37. The van der Waals surface area contributed by atoms with Gasteiger partial charge in [0.05, 0.1) is 30.4 Å². The van der Waals surface area contributed by atoms with Crippen LogP contribution in [0.1, 0.15) is 63.8 Å². The lowest BCUT2D eigenvalue weighted by atomic mass is 9.77. The molecule has 5 nitrogen and oxygen atoms in total. The molecule has 1 aliphatic heterocycles. The number of likely N-dealkylation sites (tertiary alicyclic amines) is 1. The Balaban J connectivity index is 1.54. The number of pyridine rings is 1. The van der Waals surface area contributed by atoms with Gasteiger partial charge in [-0.25, -0.2) is 4.98 Å². The third-order valence-corrected chi connectivity index (χ3v) is 7.66. The molecule has 5 rings (SSSR count). The van der Waals surface area contributed by atoms with Crippen LogP contribution in [0.5, 0.6) is 5.88 Å². The molecule has 1 aliphatic rings. The van der Waals surface area contributed by atoms with Gasteiger partial charge in [-0.05, 0) is 66.1 Å². The summed E-state index contributed by atoms with van der Waals surface area (Å²) in [6, 6.07) is 16.1. The van der Waals surface area contributed by atoms with Gasteiger partial charge in [-0.1, -0.05) is 58.9 Å². The molecule has 0 aliphatic carbocycles. The molecule has 184 valence electrons. The molecule has 0 radical (unpaired) electrons. The molecule has 0 N–H and O–H groups in total. The Morgan fingerprint density at radius 1 is 1.03 bits per heavy atom. The van der Waals surface area contributed by atoms with E-state index in [1.165, 1.54) is 33.0 Å². The van der Waals surface area contributed by atoms with Crippen LogP contribution in [0.3, 0.4) is 0 Å². The van der Waals surface area contributed by atoms with Crippen LogP contribution < -0.4 is 4.74 Å². The molecule has 5 heteroatoms. The van der Waals surface area contributed by atoms with Crippen molar-refractivity contribution in [2.45, 2.75) is 64.3 Å². The Kier molecular flexibility index (Phi) is 5.87. The number of ether oxygens (including phenoxy) is 1. The fourth-order valence-corrected chi connectivity index (χ4v) is 5.57. The first-order valence-electron chi connectivity index (χ1n) is 12.7. The van der Waals surface area contributed by atoms with Gasteiger partial charge >= 0.3 is 0 Å². The number of nitrogens with zero attached hydrogens (tertiary/aromatic N) is 4. The van der Waals surface area contributed by atoms with E-state index in [2.05, 4.69) is 87.6 Å². The van der Waals surface area contributed by atoms with E-state index >= 15 is 0 Å². The average Bonchev–Trinajstić information content (AvgIpc) is 3.43. The van der Waals surface area contributed by atoms with Crippen LogP contribution in [0.4, 0.5) is 0 Å². The monoisotopic (exact) mass is 470 g/mol. The molecule has 2 aromatic heterocycles. The second-order valence-corrected chi connectivity index (χ2v) is 11.9. The van der Waals surface area contributed by atoms with Crippen molar-refractivity contribution in [3.63, 3.8) is 0 Å². The van der Waals surface area contributed by atoms with Crippen molar-refractivity contribution in [1.82, 2.24) is 19.7 Å². The molecule has 0 saturated carbocycles. The highest BCUT2D eigenvalue weighted by molar-refractivity contribution is 5.87. The van der Waals surface area contributed by atoms with Crippen LogP contribution >= 0.6 is 0 Å². The summed E-state index contributed by atoms with van der Waals surface area (Å²) < 4.78 is 7.72. The van der Waals surface area contributed by atoms with E-state index in [1.54, 1.807) is 7.11 Å². The van der Waals surface area contributed by atoms with Crippen molar-refractivity contribution >= 4 is 21.8 Å². The minimum absolute atomic E-state index is 0.00339. The number of hydrogen-bond acceptors (Lipinski definition) is 4. The van der Waals surface area contributed by atoms with E-state index in [0.29, 0.717) is 11.9 Å². The summed E-state index contributed by atoms with van der Waals surface area (Å²) in [5.41, 5.74) is 6.15. The number of aromatic nitrogens is 3. The van der Waals surface area contributed by atoms with Gasteiger partial charge in [0.25, 0.3) is 0 Å². The lowest BCUT2D eigenvalue weighted by Crippen LogP contribution is -2.22. The fourth-order valence-electron chi connectivity index (χ4n) is 5.57. The normalized spacial score (nSPS) is 17.5. The molecule has 35 heavy (non-hydrogen) atoms. The van der Waals surface area contributed by atoms with Crippen molar-refractivity contribution < 1.29 is 4.74 Å². The third kappa shape index (κ3) is 4.42. The topological polar surface area (TPSA) is 43.2 Å². The van der Waals surface area contributed by atoms with Crippen LogP contribution in [0.25, 0.3) is 21.8 Å². The van der Waals surface area contributed by atoms with Gasteiger partial charge in [0.15, 0.2) is 0 Å². The van der Waals surface area contributed by atoms with Gasteiger partial charge in [0.1, 0.15) is 0 Å². The molecule has 3 heterocycles. The standard InChI is InChI=1S/C30H38N4O/c1-29(2,3)25-12-9-20(24-11-13-27(35-7)32-28(24)25)17-30(4,5)22-10-8-21-18-31-34(26(21)16-22)23-14-15-33(6)19-23/h8-13,16,18,23H,14-15,17,19H2,1-7H3. The molecule has 1 unspecified atom stereocenters. The maximum absolute atomic E-state index is 5.47. The molecule has 1 saturated heterocycles. The van der Waals surface area contributed by atoms with E-state index in [1.807, 2.05) is 12.3 Å². The minimum atomic E-state index is -0.0497. The second-order valence-electron chi connectivity index (χ2n) is 11.9. The van der Waals surface area contributed by atoms with Crippen molar-refractivity contribution in [3.05, 3.63) is 65.4 Å². The molecular formula is C30H38N4O. The maximum Gasteiger partial charge on any atom is 0.213 e. The van der Waals surface area contributed by atoms with E-state index in [9.17, 15) is 0 Å². The van der Waals surface area contributed by atoms with Gasteiger partial charge in [-0.3, -0.25) is 4.68 Å². The zero-order chi connectivity index (χ0) is 25.0. The van der Waals surface area contributed by atoms with Crippen molar-refractivity contribution in [3.8, 4) is 5.88 Å². The summed E-state index contributed by atoms with van der Waals surface area (Å²) in [6.07, 6.45) is 4.10. The maximum atomic E-state index is 5.47. The molecule has 4 aromatic rings. The summed E-state index contributed by atoms with van der Waals surface area (Å²) in [5.74, 6) is 0.663. The number of hydrogen-bond donors (Lipinski definition) is 0. The highest BCUT2D eigenvalue weighted by Gasteiger charge is 2.27. The quantitative estimate of drug-likeness (QED) is 0.344. The van der Waals surface area contributed by atoms with E-state index in [4.69, 9.17) is 14.8 Å². The predicted molar refractivity (Wildman–Crippen MR) is 145 cm³/mol. The second kappa shape index (κ2) is 8.63. The van der Waals surface area contributed by atoms with E-state index < -0.39 is 0 Å². The minimum Gasteiger partial charge on any atom is -0.481 e. The molecule has 0 amide bonds. The average molecular weight is 471 g/mol. The summed E-state index contributed by atoms with van der Waals surface area (Å²) >= 11 is 0. The Morgan fingerprint density at radius 3 is 2.51 bits per heavy atom. The predicted octanol–water partition coefficient (Wildman–Crippen LogP) is 6.29. The first-order chi connectivity index (χ1) is 16.6. The van der Waals surface area contributed by atoms with Gasteiger partial charge in [-0.2, -0.15) is 5.10 Å². The molecule has 2 aromatic carbocycles. The van der Waals surface area contributed by atoms with Crippen LogP contribution in [0.15, 0.2) is 48.7 Å². The number of benzene rings is 2. The van der Waals surface area contributed by atoms with Crippen LogP contribution in [0, 0.1) is 0 Å². The van der Waals surface area contributed by atoms with Gasteiger partial charge in [0.2, 0.25) is 5.88 Å². The Hall–Kier alpha value is -2.92. The SMILES string of the molecule is COc1ccc2c(CC(C)(C)c3ccc4cnn(C5CCN(C)C5)c4c3)ccc(C(C)(C)C)c2n1. The number of likely N-dealkylation sites (N-methyl/N-ethyl adjacent to an activating group) is 1. The van der Waals surface area contributed by atoms with Crippen molar-refractivity contribution in [1.29, 1.82) is 0 Å². The molecule has 1 fully saturated rings. The highest BCUT2D eigenvalue weighted by atomic mass is 16.5. The Bertz CT molecular complexity index is 1380. The van der Waals surface area contributed by atoms with Crippen molar-refractivity contribution in [2.75, 3.05) is 27.2 Å². The van der Waals surface area contributed by atoms with E-state index in [-0.39, 0.29) is 10.8 Å². The first-order valence-corrected chi connectivity index (χ1v) is 12.7. The van der Waals surface area contributed by atoms with Crippen LogP contribution in [-0.2, 0) is 17.3 Å². The molecule has 0 bridgehead atoms. The van der Waals surface area contributed by atoms with E-state index in [0.717, 1.165) is 31.4 Å². The molecule has 0 spiro atoms. The van der Waals surface area contributed by atoms with Gasteiger partial charge in [-0.15, -0.1) is 0 Å². The Morgan fingerprint density at radius 2 is 1.83 bits per heavy atom. The van der Waals surface area contributed by atoms with Crippen molar-refractivity contribution in [2.24, 2.45) is 0 Å². The van der Waals surface area contributed by atoms with Gasteiger partial charge < -0.3 is 9.64 Å². The zero-order valence-electron chi connectivity index (χ0n) is 22.2. The van der Waals surface area contributed by atoms with Crippen LogP contribution in [0.2, 0.25) is 0 Å². The lowest BCUT2D eigenvalue weighted by molar-refractivity contribution is 0.386. The summed E-state index contributed by atoms with van der Waals surface area (Å²) in [5, 5.41) is 7.21. The fraction of sp³-hybridized carbons (Fsp3) is 0.467. The zero-order valence-corrected chi connectivity index (χ0v) is 22.2. The largest absolute Gasteiger partial charge is 0.481 e.